The molecule has 2 unspecified atom stereocenters. The number of hydrogen-bond acceptors (Lipinski definition) is 2. The van der Waals surface area contributed by atoms with Crippen molar-refractivity contribution in [3.8, 4) is 0 Å². The topological polar surface area (TPSA) is 49.4 Å². The van der Waals surface area contributed by atoms with Crippen molar-refractivity contribution in [3.05, 3.63) is 0 Å². The molecule has 1 heterocycles. The molecule has 1 aliphatic rings. The van der Waals surface area contributed by atoms with Crippen molar-refractivity contribution in [2.24, 2.45) is 5.92 Å². The number of nitrogens with one attached hydrogen (secondary N) is 1. The minimum absolute atomic E-state index is 0.213. The molecule has 2 atom stereocenters. The Kier molecular flexibility index (Phi) is 5.69. The van der Waals surface area contributed by atoms with Gasteiger partial charge in [0.15, 0.2) is 0 Å². The molecule has 1 N–H and O–H groups in total. The summed E-state index contributed by atoms with van der Waals surface area (Å²) in [6, 6.07) is -1.42. The molecule has 4 nitrogen and oxygen atoms in total. The van der Waals surface area contributed by atoms with Crippen LogP contribution < -0.4 is 5.32 Å². The van der Waals surface area contributed by atoms with E-state index in [-0.39, 0.29) is 17.7 Å². The Hall–Kier alpha value is -1.20. The van der Waals surface area contributed by atoms with Crippen LogP contribution in [0.1, 0.15) is 40.0 Å². The summed E-state index contributed by atoms with van der Waals surface area (Å²) in [6.07, 6.45) is -1.06. The fraction of sp³-hybridized carbons (Fsp3) is 0.846. The van der Waals surface area contributed by atoms with Crippen LogP contribution in [0.15, 0.2) is 0 Å². The number of rotatable bonds is 6. The van der Waals surface area contributed by atoms with E-state index < -0.39 is 25.1 Å². The second-order valence-electron chi connectivity index (χ2n) is 5.38. The molecule has 0 aromatic heterocycles. The lowest BCUT2D eigenvalue weighted by molar-refractivity contribution is -0.152. The highest BCUT2D eigenvalue weighted by Gasteiger charge is 2.40. The summed E-state index contributed by atoms with van der Waals surface area (Å²) in [4.78, 5) is 25.2. The van der Waals surface area contributed by atoms with Gasteiger partial charge >= 0.3 is 0 Å². The van der Waals surface area contributed by atoms with Gasteiger partial charge in [0.2, 0.25) is 11.8 Å². The van der Waals surface area contributed by atoms with Crippen LogP contribution in [0.5, 0.6) is 0 Å². The molecule has 1 rings (SSSR count). The number of amides is 2. The van der Waals surface area contributed by atoms with Gasteiger partial charge in [-0.25, -0.2) is 8.78 Å². The Morgan fingerprint density at radius 2 is 1.95 bits per heavy atom. The first-order valence-electron chi connectivity index (χ1n) is 6.75. The Labute approximate surface area is 112 Å². The molecule has 1 aliphatic heterocycles. The first-order valence-corrected chi connectivity index (χ1v) is 6.75. The van der Waals surface area contributed by atoms with Crippen LogP contribution in [0, 0.1) is 5.92 Å². The van der Waals surface area contributed by atoms with Gasteiger partial charge < -0.3 is 10.2 Å². The van der Waals surface area contributed by atoms with E-state index in [1.54, 1.807) is 0 Å². The van der Waals surface area contributed by atoms with Gasteiger partial charge in [-0.05, 0) is 18.8 Å². The molecule has 0 radical (unpaired) electrons. The van der Waals surface area contributed by atoms with Crippen molar-refractivity contribution in [1.82, 2.24) is 10.2 Å². The lowest BCUT2D eigenvalue weighted by Crippen LogP contribution is -2.64. The number of carbonyl (C=O) groups excluding carboxylic acids is 2. The molecule has 6 heteroatoms. The zero-order valence-electron chi connectivity index (χ0n) is 11.7. The summed E-state index contributed by atoms with van der Waals surface area (Å²) >= 11 is 0. The molecule has 0 saturated carbocycles. The highest BCUT2D eigenvalue weighted by molar-refractivity contribution is 5.96. The molecule has 19 heavy (non-hydrogen) atoms. The van der Waals surface area contributed by atoms with Gasteiger partial charge in [-0.15, -0.1) is 0 Å². The van der Waals surface area contributed by atoms with Gasteiger partial charge in [-0.3, -0.25) is 9.59 Å². The molecule has 0 bridgehead atoms. The SMILES string of the molecule is CCCC1C(=O)NC(CC(C)C)C(=O)N1CC(F)F. The molecule has 1 fully saturated rings. The highest BCUT2D eigenvalue weighted by Crippen LogP contribution is 2.19. The van der Waals surface area contributed by atoms with Crippen LogP contribution in [0.4, 0.5) is 8.78 Å². The van der Waals surface area contributed by atoms with Gasteiger partial charge in [0, 0.05) is 0 Å². The van der Waals surface area contributed by atoms with Gasteiger partial charge in [0.1, 0.15) is 12.1 Å². The third-order valence-electron chi connectivity index (χ3n) is 3.18. The van der Waals surface area contributed by atoms with E-state index in [2.05, 4.69) is 5.32 Å². The maximum Gasteiger partial charge on any atom is 0.255 e. The lowest BCUT2D eigenvalue weighted by Gasteiger charge is -2.39. The standard InChI is InChI=1S/C13H22F2N2O2/c1-4-5-10-12(18)16-9(6-8(2)3)13(19)17(10)7-11(14)15/h8-11H,4-7H2,1-3H3,(H,16,18). The van der Waals surface area contributed by atoms with E-state index in [0.29, 0.717) is 19.3 Å². The second kappa shape index (κ2) is 6.82. The van der Waals surface area contributed by atoms with Crippen LogP contribution in [-0.2, 0) is 9.59 Å². The summed E-state index contributed by atoms with van der Waals surface area (Å²) in [7, 11) is 0. The van der Waals surface area contributed by atoms with Gasteiger partial charge in [-0.1, -0.05) is 27.2 Å². The van der Waals surface area contributed by atoms with Crippen molar-refractivity contribution in [2.75, 3.05) is 6.54 Å². The predicted octanol–water partition coefficient (Wildman–Crippen LogP) is 1.79. The van der Waals surface area contributed by atoms with Crippen LogP contribution >= 0.6 is 0 Å². The summed E-state index contributed by atoms with van der Waals surface area (Å²) in [6.45, 7) is 5.05. The van der Waals surface area contributed by atoms with E-state index in [4.69, 9.17) is 0 Å². The molecule has 0 aliphatic carbocycles. The fourth-order valence-corrected chi connectivity index (χ4v) is 2.38. The third kappa shape index (κ3) is 4.14. The number of carbonyl (C=O) groups is 2. The minimum atomic E-state index is -2.62. The first kappa shape index (κ1) is 15.9. The summed E-state index contributed by atoms with van der Waals surface area (Å²) < 4.78 is 25.2. The number of piperazine rings is 1. The van der Waals surface area contributed by atoms with E-state index in [1.165, 1.54) is 0 Å². The molecular weight excluding hydrogens is 254 g/mol. The molecule has 0 spiro atoms. The van der Waals surface area contributed by atoms with E-state index in [1.807, 2.05) is 20.8 Å². The highest BCUT2D eigenvalue weighted by atomic mass is 19.3. The number of nitrogens with zero attached hydrogens (tertiary/aromatic N) is 1. The van der Waals surface area contributed by atoms with Crippen LogP contribution in [-0.4, -0.2) is 41.8 Å². The summed E-state index contributed by atoms with van der Waals surface area (Å²) in [5, 5.41) is 2.66. The zero-order chi connectivity index (χ0) is 14.6. The van der Waals surface area contributed by atoms with Crippen molar-refractivity contribution >= 4 is 11.8 Å². The molecular formula is C13H22F2N2O2. The van der Waals surface area contributed by atoms with Crippen LogP contribution in [0.2, 0.25) is 0 Å². The average molecular weight is 276 g/mol. The number of halogens is 2. The van der Waals surface area contributed by atoms with Gasteiger partial charge in [0.05, 0.1) is 6.54 Å². The lowest BCUT2D eigenvalue weighted by atomic mass is 9.97. The van der Waals surface area contributed by atoms with Crippen molar-refractivity contribution in [1.29, 1.82) is 0 Å². The largest absolute Gasteiger partial charge is 0.342 e. The number of hydrogen-bond donors (Lipinski definition) is 1. The Balaban J connectivity index is 2.87. The Morgan fingerprint density at radius 1 is 1.32 bits per heavy atom. The van der Waals surface area contributed by atoms with Crippen molar-refractivity contribution < 1.29 is 18.4 Å². The summed E-state index contributed by atoms with van der Waals surface area (Å²) in [5.41, 5.74) is 0. The fourth-order valence-electron chi connectivity index (χ4n) is 2.38. The maximum absolute atomic E-state index is 12.6. The Bertz CT molecular complexity index is 335. The minimum Gasteiger partial charge on any atom is -0.342 e. The molecule has 1 saturated heterocycles. The predicted molar refractivity (Wildman–Crippen MR) is 67.8 cm³/mol. The van der Waals surface area contributed by atoms with E-state index in [9.17, 15) is 18.4 Å². The van der Waals surface area contributed by atoms with Crippen molar-refractivity contribution in [3.63, 3.8) is 0 Å². The third-order valence-corrected chi connectivity index (χ3v) is 3.18. The monoisotopic (exact) mass is 276 g/mol. The smallest absolute Gasteiger partial charge is 0.255 e. The van der Waals surface area contributed by atoms with Crippen LogP contribution in [0.3, 0.4) is 0 Å². The number of alkyl halides is 2. The van der Waals surface area contributed by atoms with E-state index >= 15 is 0 Å². The zero-order valence-corrected chi connectivity index (χ0v) is 11.7. The first-order chi connectivity index (χ1) is 8.86. The van der Waals surface area contributed by atoms with Gasteiger partial charge in [0.25, 0.3) is 6.43 Å². The molecule has 110 valence electrons. The maximum atomic E-state index is 12.6. The molecule has 0 aromatic carbocycles. The van der Waals surface area contributed by atoms with Gasteiger partial charge in [-0.2, -0.15) is 0 Å². The van der Waals surface area contributed by atoms with E-state index in [0.717, 1.165) is 4.90 Å². The second-order valence-corrected chi connectivity index (χ2v) is 5.38. The molecule has 2 amide bonds. The van der Waals surface area contributed by atoms with Crippen LogP contribution in [0.25, 0.3) is 0 Å². The quantitative estimate of drug-likeness (QED) is 0.804. The average Bonchev–Trinajstić information content (AvgIpc) is 2.29. The normalized spacial score (nSPS) is 24.3. The Morgan fingerprint density at radius 3 is 2.42 bits per heavy atom. The van der Waals surface area contributed by atoms with Crippen molar-refractivity contribution in [2.45, 2.75) is 58.5 Å². The molecule has 0 aromatic rings. The summed E-state index contributed by atoms with van der Waals surface area (Å²) in [5.74, 6) is -0.481.